The highest BCUT2D eigenvalue weighted by atomic mass is 16.5. The van der Waals surface area contributed by atoms with Crippen molar-refractivity contribution in [3.8, 4) is 5.75 Å². The van der Waals surface area contributed by atoms with Gasteiger partial charge in [0.25, 0.3) is 0 Å². The number of aliphatic hydroxyl groups is 1. The molecule has 0 aliphatic carbocycles. The van der Waals surface area contributed by atoms with Gasteiger partial charge in [0.1, 0.15) is 23.5 Å². The molecule has 2 N–H and O–H groups in total. The molecule has 0 saturated carbocycles. The van der Waals surface area contributed by atoms with Gasteiger partial charge in [0.15, 0.2) is 5.78 Å². The normalized spacial score (nSPS) is 11.0. The molecule has 0 unspecified atom stereocenters. The Morgan fingerprint density at radius 3 is 2.58 bits per heavy atom. The number of benzene rings is 2. The Morgan fingerprint density at radius 1 is 1.15 bits per heavy atom. The van der Waals surface area contributed by atoms with Gasteiger partial charge < -0.3 is 19.4 Å². The average Bonchev–Trinajstić information content (AvgIpc) is 2.65. The third-order valence-electron chi connectivity index (χ3n) is 3.97. The zero-order valence-corrected chi connectivity index (χ0v) is 13.9. The molecule has 7 heteroatoms. The maximum atomic E-state index is 12.9. The molecule has 3 aromatic rings. The van der Waals surface area contributed by atoms with Gasteiger partial charge in [0.2, 0.25) is 5.43 Å². The van der Waals surface area contributed by atoms with Gasteiger partial charge in [0.05, 0.1) is 28.5 Å². The molecular weight excluding hydrogens is 340 g/mol. The van der Waals surface area contributed by atoms with Crippen LogP contribution in [0.25, 0.3) is 21.9 Å². The van der Waals surface area contributed by atoms with Gasteiger partial charge in [0, 0.05) is 6.42 Å². The summed E-state index contributed by atoms with van der Waals surface area (Å²) in [6.45, 7) is 1.48. The molecule has 0 atom stereocenters. The Hall–Kier alpha value is -3.19. The number of hydrogen-bond donors (Lipinski definition) is 2. The maximum absolute atomic E-state index is 12.9. The van der Waals surface area contributed by atoms with Crippen LogP contribution in [0, 0.1) is 0 Å². The summed E-state index contributed by atoms with van der Waals surface area (Å²) in [5.74, 6) is -1.13. The minimum atomic E-state index is -1.16. The molecule has 26 heavy (non-hydrogen) atoms. The maximum Gasteiger partial charge on any atom is 0.335 e. The molecule has 3 rings (SSSR count). The second-order valence-electron chi connectivity index (χ2n) is 5.64. The first kappa shape index (κ1) is 17.6. The highest BCUT2D eigenvalue weighted by Gasteiger charge is 2.18. The predicted octanol–water partition coefficient (Wildman–Crippen LogP) is 2.61. The highest BCUT2D eigenvalue weighted by Crippen LogP contribution is 2.28. The van der Waals surface area contributed by atoms with Crippen molar-refractivity contribution in [3.05, 3.63) is 51.7 Å². The molecule has 0 bridgehead atoms. The number of carboxylic acid groups (broad SMARTS) is 1. The number of carboxylic acids is 1. The van der Waals surface area contributed by atoms with Gasteiger partial charge in [-0.25, -0.2) is 4.79 Å². The number of ether oxygens (including phenoxy) is 1. The lowest BCUT2D eigenvalue weighted by atomic mass is 10.0. The molecule has 7 nitrogen and oxygen atoms in total. The first-order valence-corrected chi connectivity index (χ1v) is 8.01. The molecule has 0 spiro atoms. The SMILES string of the molecule is CCC(=O)c1cc(OCCO)cc2c(=O)c3cc(C(=O)O)ccc3oc12. The summed E-state index contributed by atoms with van der Waals surface area (Å²) in [5.41, 5.74) is 0.0420. The minimum Gasteiger partial charge on any atom is -0.491 e. The van der Waals surface area contributed by atoms with Gasteiger partial charge in [-0.15, -0.1) is 0 Å². The predicted molar refractivity (Wildman–Crippen MR) is 94.2 cm³/mol. The van der Waals surface area contributed by atoms with Gasteiger partial charge in [-0.2, -0.15) is 0 Å². The number of rotatable bonds is 6. The Bertz CT molecular complexity index is 1080. The summed E-state index contributed by atoms with van der Waals surface area (Å²) in [6, 6.07) is 6.88. The van der Waals surface area contributed by atoms with Crippen LogP contribution < -0.4 is 10.2 Å². The van der Waals surface area contributed by atoms with Crippen LogP contribution in [0.2, 0.25) is 0 Å². The Labute approximate surface area is 147 Å². The molecule has 0 fully saturated rings. The van der Waals surface area contributed by atoms with Crippen molar-refractivity contribution in [3.63, 3.8) is 0 Å². The summed E-state index contributed by atoms with van der Waals surface area (Å²) in [6.07, 6.45) is 0.207. The van der Waals surface area contributed by atoms with Gasteiger partial charge >= 0.3 is 5.97 Å². The number of carbonyl (C=O) groups excluding carboxylic acids is 1. The average molecular weight is 356 g/mol. The van der Waals surface area contributed by atoms with Gasteiger partial charge in [-0.1, -0.05) is 6.92 Å². The molecule has 0 radical (unpaired) electrons. The van der Waals surface area contributed by atoms with E-state index >= 15 is 0 Å². The van der Waals surface area contributed by atoms with Crippen LogP contribution in [-0.2, 0) is 0 Å². The fourth-order valence-corrected chi connectivity index (χ4v) is 2.71. The van der Waals surface area contributed by atoms with E-state index in [1.54, 1.807) is 6.92 Å². The van der Waals surface area contributed by atoms with E-state index in [4.69, 9.17) is 19.4 Å². The topological polar surface area (TPSA) is 114 Å². The van der Waals surface area contributed by atoms with E-state index in [0.717, 1.165) is 0 Å². The molecule has 0 amide bonds. The van der Waals surface area contributed by atoms with Crippen molar-refractivity contribution in [2.75, 3.05) is 13.2 Å². The van der Waals surface area contributed by atoms with E-state index in [1.807, 2.05) is 0 Å². The highest BCUT2D eigenvalue weighted by molar-refractivity contribution is 6.08. The monoisotopic (exact) mass is 356 g/mol. The van der Waals surface area contributed by atoms with Crippen LogP contribution in [-0.4, -0.2) is 35.2 Å². The van der Waals surface area contributed by atoms with Crippen LogP contribution in [0.5, 0.6) is 5.75 Å². The Morgan fingerprint density at radius 2 is 1.92 bits per heavy atom. The first-order valence-electron chi connectivity index (χ1n) is 8.01. The van der Waals surface area contributed by atoms with Crippen LogP contribution in [0.1, 0.15) is 34.1 Å². The lowest BCUT2D eigenvalue weighted by molar-refractivity contribution is 0.0696. The molecule has 0 aliphatic heterocycles. The second-order valence-corrected chi connectivity index (χ2v) is 5.64. The number of fused-ring (bicyclic) bond motifs is 2. The van der Waals surface area contributed by atoms with Crippen molar-refractivity contribution in [2.45, 2.75) is 13.3 Å². The third kappa shape index (κ3) is 3.04. The summed E-state index contributed by atoms with van der Waals surface area (Å²) >= 11 is 0. The summed E-state index contributed by atoms with van der Waals surface area (Å²) in [4.78, 5) is 36.3. The first-order chi connectivity index (χ1) is 12.5. The lowest BCUT2D eigenvalue weighted by Gasteiger charge is -2.10. The summed E-state index contributed by atoms with van der Waals surface area (Å²) in [5, 5.41) is 18.3. The summed E-state index contributed by atoms with van der Waals surface area (Å²) in [7, 11) is 0. The van der Waals surface area contributed by atoms with Crippen molar-refractivity contribution >= 4 is 33.7 Å². The molecule has 2 aromatic carbocycles. The number of aliphatic hydroxyl groups excluding tert-OH is 1. The molecule has 0 aliphatic rings. The van der Waals surface area contributed by atoms with Crippen LogP contribution in [0.3, 0.4) is 0 Å². The standard InChI is InChI=1S/C19H16O7/c1-2-15(21)12-8-11(25-6-5-20)9-14-17(22)13-7-10(19(23)24)3-4-16(13)26-18(12)14/h3-4,7-9,20H,2,5-6H2,1H3,(H,23,24). The molecule has 1 aromatic heterocycles. The van der Waals surface area contributed by atoms with Crippen LogP contribution in [0.4, 0.5) is 0 Å². The van der Waals surface area contributed by atoms with E-state index in [2.05, 4.69) is 0 Å². The fourth-order valence-electron chi connectivity index (χ4n) is 2.71. The largest absolute Gasteiger partial charge is 0.491 e. The Kier molecular flexibility index (Phi) is 4.73. The van der Waals surface area contributed by atoms with Crippen molar-refractivity contribution in [1.29, 1.82) is 0 Å². The van der Waals surface area contributed by atoms with Crippen LogP contribution in [0.15, 0.2) is 39.5 Å². The van der Waals surface area contributed by atoms with E-state index in [9.17, 15) is 14.4 Å². The fraction of sp³-hybridized carbons (Fsp3) is 0.211. The number of carbonyl (C=O) groups is 2. The van der Waals surface area contributed by atoms with E-state index < -0.39 is 11.4 Å². The Balaban J connectivity index is 2.37. The number of Topliss-reactive ketones (excluding diaryl/α,β-unsaturated/α-hetero) is 1. The smallest absolute Gasteiger partial charge is 0.335 e. The minimum absolute atomic E-state index is 0.00728. The molecule has 0 saturated heterocycles. The van der Waals surface area contributed by atoms with Crippen LogP contribution >= 0.6 is 0 Å². The number of aromatic carboxylic acids is 1. The zero-order chi connectivity index (χ0) is 18.8. The number of hydrogen-bond acceptors (Lipinski definition) is 6. The third-order valence-corrected chi connectivity index (χ3v) is 3.97. The zero-order valence-electron chi connectivity index (χ0n) is 13.9. The van der Waals surface area contributed by atoms with E-state index in [-0.39, 0.29) is 64.2 Å². The molecular formula is C19H16O7. The van der Waals surface area contributed by atoms with E-state index in [0.29, 0.717) is 0 Å². The van der Waals surface area contributed by atoms with Crippen molar-refractivity contribution in [2.24, 2.45) is 0 Å². The van der Waals surface area contributed by atoms with Gasteiger partial charge in [-0.3, -0.25) is 9.59 Å². The number of ketones is 1. The van der Waals surface area contributed by atoms with Crippen molar-refractivity contribution < 1.29 is 29.0 Å². The molecule has 1 heterocycles. The molecule has 134 valence electrons. The summed E-state index contributed by atoms with van der Waals surface area (Å²) < 4.78 is 11.1. The second kappa shape index (κ2) is 6.97. The van der Waals surface area contributed by atoms with Crippen molar-refractivity contribution in [1.82, 2.24) is 0 Å². The van der Waals surface area contributed by atoms with Gasteiger partial charge in [-0.05, 0) is 30.3 Å². The quantitative estimate of drug-likeness (QED) is 0.515. The van der Waals surface area contributed by atoms with E-state index in [1.165, 1.54) is 30.3 Å². The lowest BCUT2D eigenvalue weighted by Crippen LogP contribution is -2.09.